The van der Waals surface area contributed by atoms with Gasteiger partial charge in [-0.2, -0.15) is 0 Å². The van der Waals surface area contributed by atoms with E-state index in [0.717, 1.165) is 13.1 Å². The molecule has 1 saturated heterocycles. The maximum Gasteiger partial charge on any atom is 0.254 e. The van der Waals surface area contributed by atoms with Crippen LogP contribution in [0.25, 0.3) is 0 Å². The molecule has 0 radical (unpaired) electrons. The number of benzene rings is 1. The number of halogens is 1. The Hall–Kier alpha value is -1.62. The molecule has 2 aliphatic rings. The van der Waals surface area contributed by atoms with Gasteiger partial charge in [0.2, 0.25) is 0 Å². The fourth-order valence-electron chi connectivity index (χ4n) is 3.48. The van der Waals surface area contributed by atoms with Crippen molar-refractivity contribution in [1.82, 2.24) is 9.80 Å². The monoisotopic (exact) mass is 291 g/mol. The summed E-state index contributed by atoms with van der Waals surface area (Å²) in [5.41, 5.74) is 6.26. The highest BCUT2D eigenvalue weighted by atomic mass is 19.1. The summed E-state index contributed by atoms with van der Waals surface area (Å²) in [4.78, 5) is 16.7. The van der Waals surface area contributed by atoms with Crippen LogP contribution in [0, 0.1) is 5.82 Å². The molecule has 114 valence electrons. The Labute approximate surface area is 124 Å². The van der Waals surface area contributed by atoms with Crippen molar-refractivity contribution < 1.29 is 9.18 Å². The zero-order valence-corrected chi connectivity index (χ0v) is 12.2. The summed E-state index contributed by atoms with van der Waals surface area (Å²) >= 11 is 0. The number of rotatable bonds is 2. The Morgan fingerprint density at radius 1 is 1.10 bits per heavy atom. The minimum atomic E-state index is -0.456. The Bertz CT molecular complexity index is 500. The molecule has 1 aromatic rings. The highest BCUT2D eigenvalue weighted by Crippen LogP contribution is 2.24. The number of nitrogens with two attached hydrogens (primary N) is 1. The van der Waals surface area contributed by atoms with Gasteiger partial charge < -0.3 is 10.6 Å². The lowest BCUT2D eigenvalue weighted by Gasteiger charge is -2.38. The lowest BCUT2D eigenvalue weighted by molar-refractivity contribution is 0.0573. The van der Waals surface area contributed by atoms with Crippen LogP contribution in [-0.4, -0.2) is 47.9 Å². The summed E-state index contributed by atoms with van der Waals surface area (Å²) in [6.07, 6.45) is 5.22. The summed E-state index contributed by atoms with van der Waals surface area (Å²) in [5, 5.41) is 0. The molecule has 3 rings (SSSR count). The van der Waals surface area contributed by atoms with Crippen molar-refractivity contribution in [2.24, 2.45) is 0 Å². The van der Waals surface area contributed by atoms with E-state index < -0.39 is 5.82 Å². The van der Waals surface area contributed by atoms with Gasteiger partial charge in [0.05, 0.1) is 0 Å². The number of hydrogen-bond acceptors (Lipinski definition) is 3. The van der Waals surface area contributed by atoms with Crippen LogP contribution >= 0.6 is 0 Å². The number of carbonyl (C=O) groups is 1. The van der Waals surface area contributed by atoms with Crippen molar-refractivity contribution in [2.45, 2.75) is 31.7 Å². The number of piperazine rings is 1. The fourth-order valence-corrected chi connectivity index (χ4v) is 3.48. The molecule has 2 fully saturated rings. The first-order valence-corrected chi connectivity index (χ1v) is 7.73. The number of hydrogen-bond donors (Lipinski definition) is 1. The summed E-state index contributed by atoms with van der Waals surface area (Å²) < 4.78 is 13.4. The van der Waals surface area contributed by atoms with Crippen molar-refractivity contribution >= 4 is 11.6 Å². The second-order valence-electron chi connectivity index (χ2n) is 6.04. The quantitative estimate of drug-likeness (QED) is 0.849. The third-order valence-electron chi connectivity index (χ3n) is 4.61. The second-order valence-corrected chi connectivity index (χ2v) is 6.04. The smallest absolute Gasteiger partial charge is 0.254 e. The third kappa shape index (κ3) is 3.18. The van der Waals surface area contributed by atoms with Gasteiger partial charge in [0.25, 0.3) is 5.91 Å². The van der Waals surface area contributed by atoms with Crippen LogP contribution < -0.4 is 5.73 Å². The molecule has 1 aromatic carbocycles. The summed E-state index contributed by atoms with van der Waals surface area (Å²) in [6, 6.07) is 4.75. The van der Waals surface area contributed by atoms with Gasteiger partial charge in [-0.15, -0.1) is 0 Å². The van der Waals surface area contributed by atoms with Crippen molar-refractivity contribution in [2.75, 3.05) is 31.9 Å². The molecule has 1 aliphatic heterocycles. The van der Waals surface area contributed by atoms with E-state index >= 15 is 0 Å². The first-order valence-electron chi connectivity index (χ1n) is 7.73. The average Bonchev–Trinajstić information content (AvgIpc) is 3.00. The summed E-state index contributed by atoms with van der Waals surface area (Å²) in [6.45, 7) is 3.26. The maximum atomic E-state index is 13.4. The van der Waals surface area contributed by atoms with E-state index in [4.69, 9.17) is 5.73 Å². The Kier molecular flexibility index (Phi) is 4.10. The van der Waals surface area contributed by atoms with E-state index in [1.165, 1.54) is 37.8 Å². The minimum Gasteiger partial charge on any atom is -0.399 e. The molecule has 1 amide bonds. The van der Waals surface area contributed by atoms with Gasteiger partial charge >= 0.3 is 0 Å². The number of nitrogen functional groups attached to an aromatic ring is 1. The molecule has 0 aromatic heterocycles. The zero-order valence-electron chi connectivity index (χ0n) is 12.2. The SMILES string of the molecule is Nc1cc(F)cc(C(=O)N2CCN(C3CCCC3)CC2)c1. The van der Waals surface area contributed by atoms with Crippen LogP contribution in [0.2, 0.25) is 0 Å². The summed E-state index contributed by atoms with van der Waals surface area (Å²) in [5.74, 6) is -0.574. The van der Waals surface area contributed by atoms with Crippen LogP contribution in [0.4, 0.5) is 10.1 Å². The van der Waals surface area contributed by atoms with Gasteiger partial charge in [0.1, 0.15) is 5.82 Å². The van der Waals surface area contributed by atoms with E-state index in [1.54, 1.807) is 11.0 Å². The van der Waals surface area contributed by atoms with Gasteiger partial charge in [-0.25, -0.2) is 4.39 Å². The molecule has 0 unspecified atom stereocenters. The lowest BCUT2D eigenvalue weighted by Crippen LogP contribution is -2.51. The topological polar surface area (TPSA) is 49.6 Å². The van der Waals surface area contributed by atoms with E-state index in [-0.39, 0.29) is 5.91 Å². The minimum absolute atomic E-state index is 0.118. The third-order valence-corrected chi connectivity index (χ3v) is 4.61. The lowest BCUT2D eigenvalue weighted by atomic mass is 10.1. The number of nitrogens with zero attached hydrogens (tertiary/aromatic N) is 2. The van der Waals surface area contributed by atoms with E-state index in [2.05, 4.69) is 4.90 Å². The van der Waals surface area contributed by atoms with Gasteiger partial charge in [0, 0.05) is 43.5 Å². The van der Waals surface area contributed by atoms with Crippen LogP contribution in [0.3, 0.4) is 0 Å². The number of carbonyl (C=O) groups excluding carboxylic acids is 1. The molecule has 1 aliphatic carbocycles. The molecule has 5 heteroatoms. The molecular weight excluding hydrogens is 269 g/mol. The Morgan fingerprint density at radius 3 is 2.38 bits per heavy atom. The van der Waals surface area contributed by atoms with E-state index in [0.29, 0.717) is 30.4 Å². The normalized spacial score (nSPS) is 20.9. The molecule has 2 N–H and O–H groups in total. The predicted octanol–water partition coefficient (Wildman–Crippen LogP) is 2.11. The van der Waals surface area contributed by atoms with Crippen LogP contribution in [-0.2, 0) is 0 Å². The summed E-state index contributed by atoms with van der Waals surface area (Å²) in [7, 11) is 0. The van der Waals surface area contributed by atoms with E-state index in [1.807, 2.05) is 0 Å². The molecule has 21 heavy (non-hydrogen) atoms. The van der Waals surface area contributed by atoms with Gasteiger partial charge in [-0.1, -0.05) is 12.8 Å². The van der Waals surface area contributed by atoms with Gasteiger partial charge in [-0.05, 0) is 31.0 Å². The highest BCUT2D eigenvalue weighted by Gasteiger charge is 2.28. The number of anilines is 1. The standard InChI is InChI=1S/C16H22FN3O/c17-13-9-12(10-14(18)11-13)16(21)20-7-5-19(6-8-20)15-3-1-2-4-15/h9-11,15H,1-8,18H2. The zero-order chi connectivity index (χ0) is 14.8. The number of amides is 1. The molecule has 0 atom stereocenters. The van der Waals surface area contributed by atoms with Crippen molar-refractivity contribution in [3.05, 3.63) is 29.6 Å². The highest BCUT2D eigenvalue weighted by molar-refractivity contribution is 5.95. The van der Waals surface area contributed by atoms with Crippen LogP contribution in [0.5, 0.6) is 0 Å². The molecule has 0 spiro atoms. The first kappa shape index (κ1) is 14.3. The van der Waals surface area contributed by atoms with Gasteiger partial charge in [-0.3, -0.25) is 9.69 Å². The second kappa shape index (κ2) is 6.02. The molecular formula is C16H22FN3O. The molecule has 1 heterocycles. The molecule has 1 saturated carbocycles. The van der Waals surface area contributed by atoms with E-state index in [9.17, 15) is 9.18 Å². The molecule has 0 bridgehead atoms. The Morgan fingerprint density at radius 2 is 1.76 bits per heavy atom. The first-order chi connectivity index (χ1) is 10.1. The van der Waals surface area contributed by atoms with Crippen molar-refractivity contribution in [3.8, 4) is 0 Å². The average molecular weight is 291 g/mol. The van der Waals surface area contributed by atoms with Gasteiger partial charge in [0.15, 0.2) is 0 Å². The van der Waals surface area contributed by atoms with Crippen molar-refractivity contribution in [3.63, 3.8) is 0 Å². The predicted molar refractivity (Wildman–Crippen MR) is 80.5 cm³/mol. The largest absolute Gasteiger partial charge is 0.399 e. The van der Waals surface area contributed by atoms with Crippen LogP contribution in [0.1, 0.15) is 36.0 Å². The maximum absolute atomic E-state index is 13.4. The van der Waals surface area contributed by atoms with Crippen molar-refractivity contribution in [1.29, 1.82) is 0 Å². The Balaban J connectivity index is 1.62. The van der Waals surface area contributed by atoms with Crippen LogP contribution in [0.15, 0.2) is 18.2 Å². The molecule has 4 nitrogen and oxygen atoms in total. The fraction of sp³-hybridized carbons (Fsp3) is 0.562.